The molecule has 112 valence electrons. The number of H-pyrrole nitrogens is 1. The Hall–Kier alpha value is -2.08. The van der Waals surface area contributed by atoms with Crippen molar-refractivity contribution in [3.05, 3.63) is 50.3 Å². The summed E-state index contributed by atoms with van der Waals surface area (Å²) in [7, 11) is 0. The number of hydrogen-bond donors (Lipinski definition) is 2. The van der Waals surface area contributed by atoms with E-state index in [1.54, 1.807) is 6.92 Å². The number of nitro benzene ring substituents is 1. The average Bonchev–Trinajstić information content (AvgIpc) is 2.82. The van der Waals surface area contributed by atoms with Crippen molar-refractivity contribution < 1.29 is 4.92 Å². The lowest BCUT2D eigenvalue weighted by atomic mass is 10.1. The molecule has 2 rings (SSSR count). The van der Waals surface area contributed by atoms with Gasteiger partial charge in [0.1, 0.15) is 0 Å². The first kappa shape index (κ1) is 15.3. The molecule has 0 aliphatic carbocycles. The first-order valence-electron chi connectivity index (χ1n) is 6.66. The number of nitro groups is 1. The Kier molecular flexibility index (Phi) is 4.80. The third-order valence-electron chi connectivity index (χ3n) is 3.34. The molecular weight excluding hydrogens is 292 g/mol. The highest BCUT2D eigenvalue weighted by molar-refractivity contribution is 6.33. The van der Waals surface area contributed by atoms with Gasteiger partial charge in [-0.3, -0.25) is 15.2 Å². The Morgan fingerprint density at radius 1 is 1.43 bits per heavy atom. The van der Waals surface area contributed by atoms with E-state index in [0.717, 1.165) is 36.3 Å². The number of rotatable bonds is 6. The third kappa shape index (κ3) is 3.72. The summed E-state index contributed by atoms with van der Waals surface area (Å²) in [6, 6.07) is 2.89. The summed E-state index contributed by atoms with van der Waals surface area (Å²) in [5.41, 5.74) is 3.82. The number of hydrogen-bond acceptors (Lipinski definition) is 4. The fourth-order valence-electron chi connectivity index (χ4n) is 2.18. The lowest BCUT2D eigenvalue weighted by molar-refractivity contribution is -0.384. The monoisotopic (exact) mass is 308 g/mol. The summed E-state index contributed by atoms with van der Waals surface area (Å²) in [5.74, 6) is 0. The molecule has 0 unspecified atom stereocenters. The van der Waals surface area contributed by atoms with Gasteiger partial charge in [-0.25, -0.2) is 0 Å². The van der Waals surface area contributed by atoms with Crippen LogP contribution in [0.5, 0.6) is 0 Å². The van der Waals surface area contributed by atoms with Crippen molar-refractivity contribution in [3.8, 4) is 0 Å². The molecule has 1 aromatic carbocycles. The fourth-order valence-corrected chi connectivity index (χ4v) is 2.50. The van der Waals surface area contributed by atoms with Crippen LogP contribution in [0.4, 0.5) is 11.4 Å². The van der Waals surface area contributed by atoms with E-state index in [-0.39, 0.29) is 5.69 Å². The van der Waals surface area contributed by atoms with Crippen LogP contribution in [-0.4, -0.2) is 21.7 Å². The van der Waals surface area contributed by atoms with E-state index in [1.807, 2.05) is 13.1 Å². The first-order chi connectivity index (χ1) is 9.99. The van der Waals surface area contributed by atoms with Crippen molar-refractivity contribution >= 4 is 23.0 Å². The normalized spacial score (nSPS) is 10.6. The Bertz CT molecular complexity index is 631. The van der Waals surface area contributed by atoms with E-state index >= 15 is 0 Å². The second-order valence-electron chi connectivity index (χ2n) is 4.93. The largest absolute Gasteiger partial charge is 0.384 e. The molecule has 2 N–H and O–H groups in total. The number of anilines is 1. The van der Waals surface area contributed by atoms with Gasteiger partial charge in [-0.15, -0.1) is 0 Å². The average molecular weight is 309 g/mol. The predicted molar refractivity (Wildman–Crippen MR) is 83.0 cm³/mol. The number of aromatic amines is 1. The van der Waals surface area contributed by atoms with Gasteiger partial charge in [-0.1, -0.05) is 11.6 Å². The number of nitrogens with one attached hydrogen (secondary N) is 2. The van der Waals surface area contributed by atoms with Crippen LogP contribution in [0, 0.1) is 24.0 Å². The van der Waals surface area contributed by atoms with Crippen LogP contribution in [0.3, 0.4) is 0 Å². The number of aromatic nitrogens is 2. The van der Waals surface area contributed by atoms with E-state index in [0.29, 0.717) is 5.02 Å². The molecule has 1 aromatic heterocycles. The highest BCUT2D eigenvalue weighted by Crippen LogP contribution is 2.30. The van der Waals surface area contributed by atoms with E-state index in [9.17, 15) is 10.1 Å². The van der Waals surface area contributed by atoms with Gasteiger partial charge >= 0.3 is 0 Å². The standard InChI is InChI=1S/C14H17ClN4O2/c1-9-6-12(19(20)21)7-13(15)14(9)16-5-3-4-11-8-17-18-10(11)2/h6-8,16H,3-5H2,1-2H3,(H,17,18). The molecule has 0 saturated heterocycles. The molecule has 21 heavy (non-hydrogen) atoms. The van der Waals surface area contributed by atoms with Gasteiger partial charge in [-0.2, -0.15) is 5.10 Å². The molecule has 0 aliphatic rings. The molecular formula is C14H17ClN4O2. The van der Waals surface area contributed by atoms with Gasteiger partial charge in [0, 0.05) is 24.4 Å². The van der Waals surface area contributed by atoms with Crippen LogP contribution in [0.1, 0.15) is 23.2 Å². The van der Waals surface area contributed by atoms with Crippen molar-refractivity contribution in [2.24, 2.45) is 0 Å². The molecule has 1 heterocycles. The maximum Gasteiger partial charge on any atom is 0.271 e. The maximum atomic E-state index is 10.8. The highest BCUT2D eigenvalue weighted by atomic mass is 35.5. The first-order valence-corrected chi connectivity index (χ1v) is 7.04. The number of nitrogens with zero attached hydrogens (tertiary/aromatic N) is 2. The minimum atomic E-state index is -0.440. The predicted octanol–water partition coefficient (Wildman–Crippen LogP) is 3.63. The van der Waals surface area contributed by atoms with E-state index in [4.69, 9.17) is 11.6 Å². The number of halogens is 1. The Morgan fingerprint density at radius 3 is 2.76 bits per heavy atom. The number of non-ortho nitro benzene ring substituents is 1. The van der Waals surface area contributed by atoms with Gasteiger partial charge in [0.25, 0.3) is 5.69 Å². The smallest absolute Gasteiger partial charge is 0.271 e. The zero-order valence-corrected chi connectivity index (χ0v) is 12.7. The van der Waals surface area contributed by atoms with E-state index in [1.165, 1.54) is 17.7 Å². The lowest BCUT2D eigenvalue weighted by Crippen LogP contribution is -2.05. The molecule has 0 radical (unpaired) electrons. The number of aryl methyl sites for hydroxylation is 3. The van der Waals surface area contributed by atoms with E-state index in [2.05, 4.69) is 15.5 Å². The minimum absolute atomic E-state index is 0.0112. The van der Waals surface area contributed by atoms with Crippen LogP contribution < -0.4 is 5.32 Å². The quantitative estimate of drug-likeness (QED) is 0.485. The maximum absolute atomic E-state index is 10.8. The van der Waals surface area contributed by atoms with Crippen molar-refractivity contribution in [2.45, 2.75) is 26.7 Å². The van der Waals surface area contributed by atoms with Crippen LogP contribution >= 0.6 is 11.6 Å². The molecule has 0 saturated carbocycles. The topological polar surface area (TPSA) is 83.8 Å². The van der Waals surface area contributed by atoms with Crippen LogP contribution in [-0.2, 0) is 6.42 Å². The molecule has 0 atom stereocenters. The van der Waals surface area contributed by atoms with Gasteiger partial charge in [-0.05, 0) is 37.8 Å². The van der Waals surface area contributed by atoms with Crippen molar-refractivity contribution in [1.82, 2.24) is 10.2 Å². The van der Waals surface area contributed by atoms with Crippen molar-refractivity contribution in [2.75, 3.05) is 11.9 Å². The zero-order valence-electron chi connectivity index (χ0n) is 11.9. The molecule has 0 spiro atoms. The highest BCUT2D eigenvalue weighted by Gasteiger charge is 2.12. The van der Waals surface area contributed by atoms with Gasteiger partial charge in [0.05, 0.1) is 21.8 Å². The molecule has 0 bridgehead atoms. The summed E-state index contributed by atoms with van der Waals surface area (Å²) in [5, 5.41) is 21.3. The van der Waals surface area contributed by atoms with Gasteiger partial charge < -0.3 is 5.32 Å². The SMILES string of the molecule is Cc1cc([N+](=O)[O-])cc(Cl)c1NCCCc1cn[nH]c1C. The lowest BCUT2D eigenvalue weighted by Gasteiger charge is -2.11. The Balaban J connectivity index is 1.94. The second-order valence-corrected chi connectivity index (χ2v) is 5.33. The van der Waals surface area contributed by atoms with Gasteiger partial charge in [0.15, 0.2) is 0 Å². The molecule has 0 amide bonds. The van der Waals surface area contributed by atoms with Gasteiger partial charge in [0.2, 0.25) is 0 Å². The Labute approximate surface area is 127 Å². The Morgan fingerprint density at radius 2 is 2.19 bits per heavy atom. The molecule has 0 aliphatic heterocycles. The second kappa shape index (κ2) is 6.58. The zero-order chi connectivity index (χ0) is 15.4. The summed E-state index contributed by atoms with van der Waals surface area (Å²) in [6.07, 6.45) is 3.67. The van der Waals surface area contributed by atoms with E-state index < -0.39 is 4.92 Å². The molecule has 6 nitrogen and oxygen atoms in total. The van der Waals surface area contributed by atoms with Crippen LogP contribution in [0.15, 0.2) is 18.3 Å². The summed E-state index contributed by atoms with van der Waals surface area (Å²) in [4.78, 5) is 10.3. The van der Waals surface area contributed by atoms with Crippen molar-refractivity contribution in [1.29, 1.82) is 0 Å². The third-order valence-corrected chi connectivity index (χ3v) is 3.64. The number of benzene rings is 1. The summed E-state index contributed by atoms with van der Waals surface area (Å²) in [6.45, 7) is 4.54. The molecule has 7 heteroatoms. The fraction of sp³-hybridized carbons (Fsp3) is 0.357. The minimum Gasteiger partial charge on any atom is -0.384 e. The van der Waals surface area contributed by atoms with Crippen LogP contribution in [0.25, 0.3) is 0 Å². The molecule has 2 aromatic rings. The molecule has 0 fully saturated rings. The van der Waals surface area contributed by atoms with Crippen molar-refractivity contribution in [3.63, 3.8) is 0 Å². The summed E-state index contributed by atoms with van der Waals surface area (Å²) >= 11 is 6.10. The summed E-state index contributed by atoms with van der Waals surface area (Å²) < 4.78 is 0. The van der Waals surface area contributed by atoms with Crippen LogP contribution in [0.2, 0.25) is 5.02 Å².